The van der Waals surface area contributed by atoms with Crippen molar-refractivity contribution in [2.45, 2.75) is 0 Å². The summed E-state index contributed by atoms with van der Waals surface area (Å²) in [5.74, 6) is 4.63. The van der Waals surface area contributed by atoms with E-state index < -0.39 is 0 Å². The van der Waals surface area contributed by atoms with Crippen molar-refractivity contribution >= 4 is 40.8 Å². The first-order valence-corrected chi connectivity index (χ1v) is 4.23. The number of amides is 1. The summed E-state index contributed by atoms with van der Waals surface area (Å²) in [6.07, 6.45) is 1.59. The maximum absolute atomic E-state index is 11.2. The lowest BCUT2D eigenvalue weighted by molar-refractivity contribution is 0.0954. The molecule has 80 valence electrons. The number of aromatic amines is 1. The number of rotatable bonds is 1. The standard InChI is InChI=1S/C8H7ClN4O.ClH/c9-6-2-4(8(14)12-10)1-5-3-11-13-7(5)6;/h1-3H,10H2,(H,11,13)(H,12,14);1H. The van der Waals surface area contributed by atoms with Crippen LogP contribution in [0.1, 0.15) is 10.4 Å². The Morgan fingerprint density at radius 2 is 2.27 bits per heavy atom. The van der Waals surface area contributed by atoms with Gasteiger partial charge in [-0.2, -0.15) is 5.10 Å². The Balaban J connectivity index is 0.00000112. The molecule has 1 amide bonds. The minimum Gasteiger partial charge on any atom is -0.290 e. The predicted octanol–water partition coefficient (Wildman–Crippen LogP) is 1.24. The van der Waals surface area contributed by atoms with Crippen LogP contribution in [0, 0.1) is 0 Å². The zero-order chi connectivity index (χ0) is 10.1. The lowest BCUT2D eigenvalue weighted by Crippen LogP contribution is -2.29. The fourth-order valence-electron chi connectivity index (χ4n) is 1.23. The zero-order valence-corrected chi connectivity index (χ0v) is 9.02. The quantitative estimate of drug-likeness (QED) is 0.402. The summed E-state index contributed by atoms with van der Waals surface area (Å²) in [6.45, 7) is 0. The highest BCUT2D eigenvalue weighted by Gasteiger charge is 2.08. The highest BCUT2D eigenvalue weighted by atomic mass is 35.5. The molecule has 2 aromatic rings. The van der Waals surface area contributed by atoms with Crippen LogP contribution in [0.15, 0.2) is 18.3 Å². The first-order chi connectivity index (χ1) is 6.72. The van der Waals surface area contributed by atoms with E-state index in [0.717, 1.165) is 5.39 Å². The van der Waals surface area contributed by atoms with Crippen LogP contribution < -0.4 is 11.3 Å². The van der Waals surface area contributed by atoms with Gasteiger partial charge in [0.05, 0.1) is 16.7 Å². The Morgan fingerprint density at radius 3 is 2.93 bits per heavy atom. The van der Waals surface area contributed by atoms with E-state index >= 15 is 0 Å². The van der Waals surface area contributed by atoms with Crippen LogP contribution in [-0.4, -0.2) is 16.1 Å². The Kier molecular flexibility index (Phi) is 3.52. The van der Waals surface area contributed by atoms with Gasteiger partial charge in [0.15, 0.2) is 0 Å². The third-order valence-electron chi connectivity index (χ3n) is 1.89. The molecule has 2 rings (SSSR count). The average molecular weight is 247 g/mol. The van der Waals surface area contributed by atoms with E-state index in [1.807, 2.05) is 5.43 Å². The molecule has 0 fully saturated rings. The van der Waals surface area contributed by atoms with Crippen molar-refractivity contribution in [1.29, 1.82) is 0 Å². The van der Waals surface area contributed by atoms with Gasteiger partial charge in [0.2, 0.25) is 0 Å². The predicted molar refractivity (Wildman–Crippen MR) is 60.0 cm³/mol. The molecule has 7 heteroatoms. The van der Waals surface area contributed by atoms with Gasteiger partial charge in [-0.3, -0.25) is 15.3 Å². The van der Waals surface area contributed by atoms with Gasteiger partial charge in [0.1, 0.15) is 0 Å². The molecule has 0 aliphatic carbocycles. The second-order valence-electron chi connectivity index (χ2n) is 2.77. The van der Waals surface area contributed by atoms with E-state index in [1.54, 1.807) is 12.3 Å². The Labute approximate surface area is 96.4 Å². The van der Waals surface area contributed by atoms with Crippen molar-refractivity contribution in [2.75, 3.05) is 0 Å². The molecule has 15 heavy (non-hydrogen) atoms. The van der Waals surface area contributed by atoms with Crippen LogP contribution in [0.5, 0.6) is 0 Å². The lowest BCUT2D eigenvalue weighted by atomic mass is 10.1. The summed E-state index contributed by atoms with van der Waals surface area (Å²) in [6, 6.07) is 3.19. The van der Waals surface area contributed by atoms with Crippen LogP contribution >= 0.6 is 24.0 Å². The van der Waals surface area contributed by atoms with E-state index in [9.17, 15) is 4.79 Å². The van der Waals surface area contributed by atoms with Gasteiger partial charge in [-0.05, 0) is 12.1 Å². The summed E-state index contributed by atoms with van der Waals surface area (Å²) in [5.41, 5.74) is 3.15. The van der Waals surface area contributed by atoms with Gasteiger partial charge >= 0.3 is 0 Å². The molecular weight excluding hydrogens is 239 g/mol. The fraction of sp³-hybridized carbons (Fsp3) is 0. The van der Waals surface area contributed by atoms with Crippen LogP contribution in [-0.2, 0) is 0 Å². The largest absolute Gasteiger partial charge is 0.290 e. The summed E-state index contributed by atoms with van der Waals surface area (Å²) in [7, 11) is 0. The number of carbonyl (C=O) groups is 1. The molecule has 0 aliphatic heterocycles. The molecule has 1 aromatic carbocycles. The maximum Gasteiger partial charge on any atom is 0.265 e. The van der Waals surface area contributed by atoms with Crippen LogP contribution in [0.3, 0.4) is 0 Å². The smallest absolute Gasteiger partial charge is 0.265 e. The molecule has 0 unspecified atom stereocenters. The van der Waals surface area contributed by atoms with E-state index in [2.05, 4.69) is 10.2 Å². The van der Waals surface area contributed by atoms with Crippen molar-refractivity contribution in [3.8, 4) is 0 Å². The first kappa shape index (κ1) is 11.8. The summed E-state index contributed by atoms with van der Waals surface area (Å²) in [4.78, 5) is 11.2. The number of nitrogen functional groups attached to an aromatic ring is 1. The number of nitrogens with two attached hydrogens (primary N) is 1. The second-order valence-corrected chi connectivity index (χ2v) is 3.17. The van der Waals surface area contributed by atoms with E-state index in [-0.39, 0.29) is 18.3 Å². The SMILES string of the molecule is Cl.NNC(=O)c1cc(Cl)c2[nH]ncc2c1. The van der Waals surface area contributed by atoms with Crippen LogP contribution in [0.4, 0.5) is 0 Å². The van der Waals surface area contributed by atoms with E-state index in [1.165, 1.54) is 6.07 Å². The Hall–Kier alpha value is -1.30. The normalized spacial score (nSPS) is 9.73. The number of nitrogens with one attached hydrogen (secondary N) is 2. The van der Waals surface area contributed by atoms with Crippen molar-refractivity contribution in [2.24, 2.45) is 5.84 Å². The molecule has 0 saturated heterocycles. The molecule has 4 N–H and O–H groups in total. The van der Waals surface area contributed by atoms with Gasteiger partial charge in [-0.1, -0.05) is 11.6 Å². The van der Waals surface area contributed by atoms with Crippen molar-refractivity contribution < 1.29 is 4.79 Å². The molecule has 0 spiro atoms. The Bertz CT molecular complexity index is 496. The van der Waals surface area contributed by atoms with Gasteiger partial charge in [0.25, 0.3) is 5.91 Å². The third-order valence-corrected chi connectivity index (χ3v) is 2.19. The molecule has 0 radical (unpaired) electrons. The van der Waals surface area contributed by atoms with Gasteiger partial charge in [-0.15, -0.1) is 12.4 Å². The van der Waals surface area contributed by atoms with Crippen LogP contribution in [0.25, 0.3) is 10.9 Å². The molecular formula is C8H8Cl2N4O. The first-order valence-electron chi connectivity index (χ1n) is 3.86. The van der Waals surface area contributed by atoms with Crippen molar-refractivity contribution in [3.05, 3.63) is 28.9 Å². The topological polar surface area (TPSA) is 83.8 Å². The highest BCUT2D eigenvalue weighted by Crippen LogP contribution is 2.22. The fourth-order valence-corrected chi connectivity index (χ4v) is 1.50. The maximum atomic E-state index is 11.2. The number of H-pyrrole nitrogens is 1. The van der Waals surface area contributed by atoms with Crippen molar-refractivity contribution in [3.63, 3.8) is 0 Å². The lowest BCUT2D eigenvalue weighted by Gasteiger charge is -2.00. The number of carbonyl (C=O) groups excluding carboxylic acids is 1. The second kappa shape index (κ2) is 4.48. The minimum absolute atomic E-state index is 0. The van der Waals surface area contributed by atoms with E-state index in [4.69, 9.17) is 17.4 Å². The van der Waals surface area contributed by atoms with Gasteiger partial charge in [-0.25, -0.2) is 5.84 Å². The number of nitrogens with zero attached hydrogens (tertiary/aromatic N) is 1. The number of fused-ring (bicyclic) bond motifs is 1. The van der Waals surface area contributed by atoms with Gasteiger partial charge < -0.3 is 0 Å². The van der Waals surface area contributed by atoms with E-state index in [0.29, 0.717) is 16.1 Å². The number of hydrazine groups is 1. The number of hydrogen-bond donors (Lipinski definition) is 3. The Morgan fingerprint density at radius 1 is 1.53 bits per heavy atom. The number of halogens is 2. The third kappa shape index (κ3) is 2.04. The van der Waals surface area contributed by atoms with Gasteiger partial charge in [0, 0.05) is 10.9 Å². The highest BCUT2D eigenvalue weighted by molar-refractivity contribution is 6.35. The van der Waals surface area contributed by atoms with Crippen LogP contribution in [0.2, 0.25) is 5.02 Å². The average Bonchev–Trinajstić information content (AvgIpc) is 2.64. The monoisotopic (exact) mass is 246 g/mol. The molecule has 0 aliphatic rings. The number of hydrogen-bond acceptors (Lipinski definition) is 3. The summed E-state index contributed by atoms with van der Waals surface area (Å²) in [5, 5.41) is 7.76. The number of aromatic nitrogens is 2. The molecule has 0 bridgehead atoms. The summed E-state index contributed by atoms with van der Waals surface area (Å²) >= 11 is 5.91. The zero-order valence-electron chi connectivity index (χ0n) is 7.45. The molecule has 1 aromatic heterocycles. The molecule has 1 heterocycles. The van der Waals surface area contributed by atoms with Crippen molar-refractivity contribution in [1.82, 2.24) is 15.6 Å². The molecule has 0 atom stereocenters. The minimum atomic E-state index is -0.380. The summed E-state index contributed by atoms with van der Waals surface area (Å²) < 4.78 is 0. The molecule has 0 saturated carbocycles. The number of benzene rings is 1. The molecule has 5 nitrogen and oxygen atoms in total.